The van der Waals surface area contributed by atoms with Crippen molar-refractivity contribution >= 4 is 50.8 Å². The fourth-order valence-corrected chi connectivity index (χ4v) is 9.40. The zero-order valence-corrected chi connectivity index (χ0v) is 35.5. The highest BCUT2D eigenvalue weighted by Crippen LogP contribution is 2.32. The van der Waals surface area contributed by atoms with Crippen molar-refractivity contribution in [2.24, 2.45) is 11.3 Å². The van der Waals surface area contributed by atoms with Gasteiger partial charge in [-0.3, -0.25) is 23.9 Å². The first-order valence-corrected chi connectivity index (χ1v) is 22.4. The number of carbonyl (C=O) groups excluding carboxylic acids is 4. The van der Waals surface area contributed by atoms with Gasteiger partial charge in [-0.25, -0.2) is 13.2 Å². The SMILES string of the molecule is C=CCC(NC(=O)[C@@H]1CCCN1C(=O)C(NC(=O)OCC(C)(C)CC/C=C/c1cc2c(=O)cc(-c3ccccc3)[nH]c2cc1OC)C1CCCC1)C(=O)NS(=O)(=O)C1CC1. The number of nitrogens with zero attached hydrogens (tertiary/aromatic N) is 1. The van der Waals surface area contributed by atoms with Crippen LogP contribution in [-0.2, 0) is 29.1 Å². The first-order valence-electron chi connectivity index (χ1n) is 20.9. The largest absolute Gasteiger partial charge is 0.496 e. The third-order valence-corrected chi connectivity index (χ3v) is 13.5. The van der Waals surface area contributed by atoms with Gasteiger partial charge in [-0.05, 0) is 80.8 Å². The molecule has 4 N–H and O–H groups in total. The van der Waals surface area contributed by atoms with Gasteiger partial charge in [-0.2, -0.15) is 0 Å². The Balaban J connectivity index is 1.04. The van der Waals surface area contributed by atoms with E-state index in [1.54, 1.807) is 13.2 Å². The van der Waals surface area contributed by atoms with E-state index in [0.717, 1.165) is 42.5 Å². The van der Waals surface area contributed by atoms with E-state index in [2.05, 4.69) is 26.9 Å². The third-order valence-electron chi connectivity index (χ3n) is 11.6. The van der Waals surface area contributed by atoms with E-state index in [9.17, 15) is 32.4 Å². The third kappa shape index (κ3) is 11.0. The van der Waals surface area contributed by atoms with E-state index in [0.29, 0.717) is 61.7 Å². The summed E-state index contributed by atoms with van der Waals surface area (Å²) in [6, 6.07) is 11.9. The molecule has 2 aromatic carbocycles. The second-order valence-corrected chi connectivity index (χ2v) is 18.8. The number of amides is 4. The minimum absolute atomic E-state index is 0.00116. The number of nitrogens with one attached hydrogen (secondary N) is 4. The first kappa shape index (κ1) is 44.1. The number of fused-ring (bicyclic) bond motifs is 1. The Labute approximate surface area is 351 Å². The van der Waals surface area contributed by atoms with Crippen LogP contribution in [0.5, 0.6) is 5.75 Å². The van der Waals surface area contributed by atoms with Crippen LogP contribution in [0.15, 0.2) is 72.1 Å². The molecule has 2 heterocycles. The van der Waals surface area contributed by atoms with Crippen LogP contribution in [0.3, 0.4) is 0 Å². The summed E-state index contributed by atoms with van der Waals surface area (Å²) in [4.78, 5) is 71.9. The topological polar surface area (TPSA) is 193 Å². The zero-order chi connectivity index (χ0) is 43.0. The molecule has 2 aliphatic carbocycles. The molecule has 60 heavy (non-hydrogen) atoms. The molecule has 3 aliphatic rings. The molecule has 2 saturated carbocycles. The molecular formula is C45H57N5O9S. The number of sulfonamides is 1. The van der Waals surface area contributed by atoms with Gasteiger partial charge in [-0.1, -0.05) is 75.2 Å². The Kier molecular flexibility index (Phi) is 14.2. The molecule has 14 nitrogen and oxygen atoms in total. The number of aromatic nitrogens is 1. The molecule has 2 unspecified atom stereocenters. The average molecular weight is 844 g/mol. The van der Waals surface area contributed by atoms with Crippen molar-refractivity contribution in [3.05, 3.63) is 83.0 Å². The molecule has 0 radical (unpaired) electrons. The number of methoxy groups -OCH3 is 1. The van der Waals surface area contributed by atoms with Crippen molar-refractivity contribution in [1.82, 2.24) is 25.2 Å². The lowest BCUT2D eigenvalue weighted by molar-refractivity contribution is -0.141. The van der Waals surface area contributed by atoms with E-state index < -0.39 is 56.7 Å². The second kappa shape index (κ2) is 19.3. The molecule has 1 aliphatic heterocycles. The Morgan fingerprint density at radius 3 is 2.42 bits per heavy atom. The number of alkyl carbamates (subject to hydrolysis) is 1. The van der Waals surface area contributed by atoms with Crippen molar-refractivity contribution in [3.63, 3.8) is 0 Å². The number of hydrogen-bond acceptors (Lipinski definition) is 9. The minimum atomic E-state index is -3.83. The van der Waals surface area contributed by atoms with E-state index >= 15 is 0 Å². The summed E-state index contributed by atoms with van der Waals surface area (Å²) in [7, 11) is -2.24. The maximum absolute atomic E-state index is 14.2. The van der Waals surface area contributed by atoms with Crippen molar-refractivity contribution in [2.75, 3.05) is 20.3 Å². The highest BCUT2D eigenvalue weighted by atomic mass is 32.2. The zero-order valence-electron chi connectivity index (χ0n) is 34.7. The molecule has 322 valence electrons. The number of ether oxygens (including phenoxy) is 2. The van der Waals surface area contributed by atoms with Crippen LogP contribution in [0.2, 0.25) is 0 Å². The summed E-state index contributed by atoms with van der Waals surface area (Å²) in [5.74, 6) is -1.32. The number of rotatable bonds is 18. The molecule has 6 rings (SSSR count). The maximum Gasteiger partial charge on any atom is 0.407 e. The van der Waals surface area contributed by atoms with Gasteiger partial charge in [0.25, 0.3) is 5.91 Å². The van der Waals surface area contributed by atoms with Crippen LogP contribution in [0.4, 0.5) is 4.79 Å². The van der Waals surface area contributed by atoms with Gasteiger partial charge in [0.1, 0.15) is 23.9 Å². The molecule has 0 bridgehead atoms. The van der Waals surface area contributed by atoms with E-state index in [-0.39, 0.29) is 30.3 Å². The number of aromatic amines is 1. The van der Waals surface area contributed by atoms with Crippen LogP contribution in [0.25, 0.3) is 28.2 Å². The molecule has 1 saturated heterocycles. The van der Waals surface area contributed by atoms with Crippen LogP contribution < -0.4 is 25.5 Å². The summed E-state index contributed by atoms with van der Waals surface area (Å²) in [6.07, 6.45) is 11.1. The Bertz CT molecular complexity index is 2260. The monoisotopic (exact) mass is 843 g/mol. The number of benzene rings is 2. The van der Waals surface area contributed by atoms with Gasteiger partial charge in [0.15, 0.2) is 5.43 Å². The quantitative estimate of drug-likeness (QED) is 0.112. The average Bonchev–Trinajstić information content (AvgIpc) is 3.74. The molecule has 3 atom stereocenters. The smallest absolute Gasteiger partial charge is 0.407 e. The summed E-state index contributed by atoms with van der Waals surface area (Å²) < 4.78 is 38.3. The highest BCUT2D eigenvalue weighted by molar-refractivity contribution is 7.90. The predicted octanol–water partition coefficient (Wildman–Crippen LogP) is 5.97. The van der Waals surface area contributed by atoms with E-state index in [1.165, 1.54) is 11.0 Å². The molecule has 4 amide bonds. The lowest BCUT2D eigenvalue weighted by Gasteiger charge is -2.32. The standard InChI is InChI=1S/C45H57N5O9S/c1-5-14-34(41(52)49-60(56,57)32-21-22-32)47-42(53)37-20-13-24-50(37)43(54)40(30-17-9-10-18-30)48-44(55)59-28-45(2,3)23-12-11-19-31-25-33-36(27-39(31)58-4)46-35(26-38(33)51)29-15-7-6-8-16-29/h5-8,11,15-16,19,25-27,30,32,34,37,40H,1,9-10,12-14,17-18,20-24,28H2,2-4H3,(H,46,51)(H,47,53)(H,48,55)(H,49,52)/b19-11+/t34?,37-,40?/m0/s1. The lowest BCUT2D eigenvalue weighted by Crippen LogP contribution is -2.57. The fraction of sp³-hybridized carbons (Fsp3) is 0.489. The van der Waals surface area contributed by atoms with Crippen LogP contribution >= 0.6 is 0 Å². The second-order valence-electron chi connectivity index (χ2n) is 16.9. The van der Waals surface area contributed by atoms with Crippen LogP contribution in [0, 0.1) is 11.3 Å². The van der Waals surface area contributed by atoms with E-state index in [1.807, 2.05) is 68.5 Å². The molecule has 3 aromatic rings. The number of likely N-dealkylation sites (tertiary alicyclic amines) is 1. The van der Waals surface area contributed by atoms with Crippen molar-refractivity contribution in [3.8, 4) is 17.0 Å². The Hall–Kier alpha value is -5.44. The van der Waals surface area contributed by atoms with Gasteiger partial charge >= 0.3 is 6.09 Å². The van der Waals surface area contributed by atoms with Gasteiger partial charge in [0, 0.05) is 35.3 Å². The van der Waals surface area contributed by atoms with Gasteiger partial charge < -0.3 is 30.0 Å². The minimum Gasteiger partial charge on any atom is -0.496 e. The summed E-state index contributed by atoms with van der Waals surface area (Å²) in [5, 5.41) is 5.42. The molecule has 15 heteroatoms. The molecule has 0 spiro atoms. The Morgan fingerprint density at radius 2 is 1.73 bits per heavy atom. The summed E-state index contributed by atoms with van der Waals surface area (Å²) >= 11 is 0. The first-order chi connectivity index (χ1) is 28.7. The van der Waals surface area contributed by atoms with Gasteiger partial charge in [0.2, 0.25) is 21.8 Å². The predicted molar refractivity (Wildman–Crippen MR) is 230 cm³/mol. The number of H-pyrrole nitrogens is 1. The lowest BCUT2D eigenvalue weighted by atomic mass is 9.88. The summed E-state index contributed by atoms with van der Waals surface area (Å²) in [6.45, 7) is 8.01. The Morgan fingerprint density at radius 1 is 1.00 bits per heavy atom. The van der Waals surface area contributed by atoms with Gasteiger partial charge in [-0.15, -0.1) is 6.58 Å². The number of allylic oxidation sites excluding steroid dienone is 1. The highest BCUT2D eigenvalue weighted by Gasteiger charge is 2.43. The number of pyridine rings is 1. The van der Waals surface area contributed by atoms with E-state index in [4.69, 9.17) is 9.47 Å². The van der Waals surface area contributed by atoms with Crippen LogP contribution in [0.1, 0.15) is 90.0 Å². The number of carbonyl (C=O) groups is 4. The normalized spacial score (nSPS) is 18.2. The van der Waals surface area contributed by atoms with Crippen molar-refractivity contribution in [1.29, 1.82) is 0 Å². The molecule has 3 fully saturated rings. The number of hydrogen-bond donors (Lipinski definition) is 4. The maximum atomic E-state index is 14.2. The van der Waals surface area contributed by atoms with Crippen molar-refractivity contribution < 1.29 is 37.1 Å². The van der Waals surface area contributed by atoms with Crippen LogP contribution in [-0.4, -0.2) is 85.8 Å². The fourth-order valence-electron chi connectivity index (χ4n) is 8.05. The molecule has 1 aromatic heterocycles. The van der Waals surface area contributed by atoms with Gasteiger partial charge in [0.05, 0.1) is 24.5 Å². The van der Waals surface area contributed by atoms with Crippen molar-refractivity contribution in [2.45, 2.75) is 108 Å². The molecular weight excluding hydrogens is 787 g/mol. The summed E-state index contributed by atoms with van der Waals surface area (Å²) in [5.41, 5.74) is 2.55.